The second kappa shape index (κ2) is 5.01. The molecule has 0 atom stereocenters. The summed E-state index contributed by atoms with van der Waals surface area (Å²) in [7, 11) is 0. The molecule has 3 heteroatoms. The van der Waals surface area contributed by atoms with Gasteiger partial charge in [0.2, 0.25) is 0 Å². The highest BCUT2D eigenvalue weighted by molar-refractivity contribution is 6.16. The molecule has 0 spiro atoms. The maximum Gasteiger partial charge on any atom is 0.109 e. The van der Waals surface area contributed by atoms with E-state index < -0.39 is 0 Å². The van der Waals surface area contributed by atoms with Gasteiger partial charge in [0, 0.05) is 17.8 Å². The zero-order chi connectivity index (χ0) is 12.5. The van der Waals surface area contributed by atoms with Crippen molar-refractivity contribution in [3.05, 3.63) is 17.7 Å². The van der Waals surface area contributed by atoms with Crippen LogP contribution in [-0.4, -0.2) is 9.97 Å². The zero-order valence-corrected chi connectivity index (χ0v) is 11.8. The molecular weight excluding hydrogens is 232 g/mol. The van der Waals surface area contributed by atoms with Crippen LogP contribution in [0.5, 0.6) is 0 Å². The second-order valence-corrected chi connectivity index (χ2v) is 6.61. The Morgan fingerprint density at radius 1 is 1.29 bits per heavy atom. The molecule has 1 fully saturated rings. The Bertz CT molecular complexity index is 357. The molecule has 1 heterocycles. The molecule has 1 aromatic rings. The Balaban J connectivity index is 1.95. The van der Waals surface area contributed by atoms with Gasteiger partial charge in [0.15, 0.2) is 0 Å². The number of aromatic amines is 1. The van der Waals surface area contributed by atoms with Crippen LogP contribution in [0.25, 0.3) is 0 Å². The number of imidazole rings is 1. The molecule has 1 aliphatic rings. The SMILES string of the molecule is CC(C)(C)C1CCC(c2ncc(CCl)[nH]2)CC1. The minimum atomic E-state index is 0.454. The Kier molecular flexibility index (Phi) is 3.82. The van der Waals surface area contributed by atoms with Crippen LogP contribution in [-0.2, 0) is 5.88 Å². The van der Waals surface area contributed by atoms with E-state index in [1.807, 2.05) is 6.20 Å². The topological polar surface area (TPSA) is 28.7 Å². The largest absolute Gasteiger partial charge is 0.345 e. The van der Waals surface area contributed by atoms with Crippen molar-refractivity contribution < 1.29 is 0 Å². The highest BCUT2D eigenvalue weighted by Crippen LogP contribution is 2.42. The van der Waals surface area contributed by atoms with Crippen LogP contribution in [0, 0.1) is 11.3 Å². The van der Waals surface area contributed by atoms with E-state index in [1.54, 1.807) is 0 Å². The second-order valence-electron chi connectivity index (χ2n) is 6.34. The number of hydrogen-bond acceptors (Lipinski definition) is 1. The number of aromatic nitrogens is 2. The lowest BCUT2D eigenvalue weighted by molar-refractivity contribution is 0.167. The first kappa shape index (κ1) is 12.9. The summed E-state index contributed by atoms with van der Waals surface area (Å²) in [6.45, 7) is 7.07. The van der Waals surface area contributed by atoms with Gasteiger partial charge in [-0.25, -0.2) is 4.98 Å². The van der Waals surface area contributed by atoms with Crippen molar-refractivity contribution in [3.63, 3.8) is 0 Å². The Hall–Kier alpha value is -0.500. The van der Waals surface area contributed by atoms with Crippen molar-refractivity contribution in [1.82, 2.24) is 9.97 Å². The monoisotopic (exact) mass is 254 g/mol. The first-order valence-corrected chi connectivity index (χ1v) is 7.14. The molecule has 1 aliphatic carbocycles. The standard InChI is InChI=1S/C14H23ClN2/c1-14(2,3)11-6-4-10(5-7-11)13-16-9-12(8-15)17-13/h9-11H,4-8H2,1-3H3,(H,16,17). The Morgan fingerprint density at radius 2 is 1.94 bits per heavy atom. The number of halogens is 1. The zero-order valence-electron chi connectivity index (χ0n) is 11.1. The number of alkyl halides is 1. The van der Waals surface area contributed by atoms with Crippen molar-refractivity contribution in [2.24, 2.45) is 11.3 Å². The van der Waals surface area contributed by atoms with Gasteiger partial charge in [-0.05, 0) is 37.0 Å². The molecule has 2 rings (SSSR count). The minimum absolute atomic E-state index is 0.454. The summed E-state index contributed by atoms with van der Waals surface area (Å²) in [5, 5.41) is 0. The lowest BCUT2D eigenvalue weighted by atomic mass is 9.70. The van der Waals surface area contributed by atoms with Gasteiger partial charge in [-0.2, -0.15) is 0 Å². The van der Waals surface area contributed by atoms with E-state index in [9.17, 15) is 0 Å². The van der Waals surface area contributed by atoms with E-state index in [0.29, 0.717) is 17.2 Å². The first-order valence-electron chi connectivity index (χ1n) is 6.60. The minimum Gasteiger partial charge on any atom is -0.345 e. The van der Waals surface area contributed by atoms with E-state index in [2.05, 4.69) is 30.7 Å². The number of H-pyrrole nitrogens is 1. The van der Waals surface area contributed by atoms with Crippen LogP contribution in [0.1, 0.15) is 63.9 Å². The van der Waals surface area contributed by atoms with Gasteiger partial charge in [-0.1, -0.05) is 20.8 Å². The molecular formula is C14H23ClN2. The van der Waals surface area contributed by atoms with Gasteiger partial charge in [0.1, 0.15) is 5.82 Å². The maximum atomic E-state index is 5.79. The Morgan fingerprint density at radius 3 is 2.41 bits per heavy atom. The Labute approximate surface area is 109 Å². The molecule has 0 amide bonds. The first-order chi connectivity index (χ1) is 8.00. The van der Waals surface area contributed by atoms with Crippen LogP contribution >= 0.6 is 11.6 Å². The maximum absolute atomic E-state index is 5.79. The molecule has 0 bridgehead atoms. The highest BCUT2D eigenvalue weighted by atomic mass is 35.5. The van der Waals surface area contributed by atoms with Gasteiger partial charge in [0.25, 0.3) is 0 Å². The smallest absolute Gasteiger partial charge is 0.109 e. The summed E-state index contributed by atoms with van der Waals surface area (Å²) < 4.78 is 0. The van der Waals surface area contributed by atoms with Crippen molar-refractivity contribution >= 4 is 11.6 Å². The van der Waals surface area contributed by atoms with Gasteiger partial charge >= 0.3 is 0 Å². The summed E-state index contributed by atoms with van der Waals surface area (Å²) in [5.74, 6) is 3.16. The molecule has 0 unspecified atom stereocenters. The van der Waals surface area contributed by atoms with Crippen LogP contribution in [0.4, 0.5) is 0 Å². The van der Waals surface area contributed by atoms with E-state index in [0.717, 1.165) is 17.4 Å². The predicted molar refractivity (Wildman–Crippen MR) is 72.3 cm³/mol. The van der Waals surface area contributed by atoms with Crippen LogP contribution in [0.3, 0.4) is 0 Å². The van der Waals surface area contributed by atoms with Crippen LogP contribution < -0.4 is 0 Å². The molecule has 1 aromatic heterocycles. The number of rotatable bonds is 2. The molecule has 96 valence electrons. The van der Waals surface area contributed by atoms with Gasteiger partial charge in [-0.15, -0.1) is 11.6 Å². The summed E-state index contributed by atoms with van der Waals surface area (Å²) in [4.78, 5) is 7.80. The third-order valence-corrected chi connectivity index (χ3v) is 4.42. The third-order valence-electron chi connectivity index (χ3n) is 4.13. The van der Waals surface area contributed by atoms with Crippen molar-refractivity contribution in [2.75, 3.05) is 0 Å². The summed E-state index contributed by atoms with van der Waals surface area (Å²) in [5.41, 5.74) is 1.50. The van der Waals surface area contributed by atoms with Gasteiger partial charge < -0.3 is 4.98 Å². The molecule has 0 radical (unpaired) electrons. The molecule has 1 N–H and O–H groups in total. The third kappa shape index (κ3) is 3.04. The molecule has 0 aliphatic heterocycles. The van der Waals surface area contributed by atoms with E-state index in [1.165, 1.54) is 25.7 Å². The van der Waals surface area contributed by atoms with Crippen molar-refractivity contribution in [2.45, 2.75) is 58.3 Å². The summed E-state index contributed by atoms with van der Waals surface area (Å²) in [6, 6.07) is 0. The molecule has 0 aromatic carbocycles. The lowest BCUT2D eigenvalue weighted by Gasteiger charge is -2.36. The fourth-order valence-corrected chi connectivity index (χ4v) is 3.02. The van der Waals surface area contributed by atoms with Crippen molar-refractivity contribution in [3.8, 4) is 0 Å². The van der Waals surface area contributed by atoms with E-state index >= 15 is 0 Å². The fraction of sp³-hybridized carbons (Fsp3) is 0.786. The molecule has 0 saturated heterocycles. The summed E-state index contributed by atoms with van der Waals surface area (Å²) >= 11 is 5.79. The van der Waals surface area contributed by atoms with Gasteiger partial charge in [-0.3, -0.25) is 0 Å². The molecule has 2 nitrogen and oxygen atoms in total. The highest BCUT2D eigenvalue weighted by Gasteiger charge is 2.31. The number of nitrogens with one attached hydrogen (secondary N) is 1. The molecule has 1 saturated carbocycles. The van der Waals surface area contributed by atoms with Gasteiger partial charge in [0.05, 0.1) is 5.88 Å². The average molecular weight is 255 g/mol. The van der Waals surface area contributed by atoms with Crippen LogP contribution in [0.15, 0.2) is 6.20 Å². The average Bonchev–Trinajstić information content (AvgIpc) is 2.76. The quantitative estimate of drug-likeness (QED) is 0.775. The van der Waals surface area contributed by atoms with Crippen LogP contribution in [0.2, 0.25) is 0 Å². The number of nitrogens with zero attached hydrogens (tertiary/aromatic N) is 1. The van der Waals surface area contributed by atoms with E-state index in [4.69, 9.17) is 11.6 Å². The van der Waals surface area contributed by atoms with E-state index in [-0.39, 0.29) is 0 Å². The molecule has 17 heavy (non-hydrogen) atoms. The fourth-order valence-electron chi connectivity index (χ4n) is 2.88. The lowest BCUT2D eigenvalue weighted by Crippen LogP contribution is -2.25. The van der Waals surface area contributed by atoms with Crippen molar-refractivity contribution in [1.29, 1.82) is 0 Å². The normalized spacial score (nSPS) is 26.1. The summed E-state index contributed by atoms with van der Waals surface area (Å²) in [6.07, 6.45) is 7.04. The number of hydrogen-bond donors (Lipinski definition) is 1. The predicted octanol–water partition coefficient (Wildman–Crippen LogP) is 4.47.